The third-order valence-corrected chi connectivity index (χ3v) is 6.79. The number of amides is 3. The number of hydrogen-bond donors (Lipinski definition) is 2. The molecule has 31 heavy (non-hydrogen) atoms. The van der Waals surface area contributed by atoms with Crippen molar-refractivity contribution in [1.82, 2.24) is 15.5 Å². The van der Waals surface area contributed by atoms with Gasteiger partial charge in [-0.3, -0.25) is 14.4 Å². The second kappa shape index (κ2) is 7.48. The lowest BCUT2D eigenvalue weighted by Gasteiger charge is -2.48. The highest BCUT2D eigenvalue weighted by atomic mass is 19.1. The normalized spacial score (nSPS) is 27.2. The van der Waals surface area contributed by atoms with Crippen LogP contribution in [0.1, 0.15) is 65.7 Å². The van der Waals surface area contributed by atoms with Gasteiger partial charge in [-0.05, 0) is 48.6 Å². The lowest BCUT2D eigenvalue weighted by molar-refractivity contribution is -0.139. The predicted octanol–water partition coefficient (Wildman–Crippen LogP) is 3.01. The zero-order valence-electron chi connectivity index (χ0n) is 17.1. The SMILES string of the molecule is O=C1CC[C@]2(CCCN(C(=O)C[C@H]3NC(=O)c4ccccc43)[C@@H]2c2cccc(F)c2)N1. The van der Waals surface area contributed by atoms with Crippen LogP contribution in [0.4, 0.5) is 4.39 Å². The van der Waals surface area contributed by atoms with E-state index in [1.807, 2.05) is 18.2 Å². The van der Waals surface area contributed by atoms with E-state index in [1.54, 1.807) is 23.1 Å². The van der Waals surface area contributed by atoms with Crippen molar-refractivity contribution in [1.29, 1.82) is 0 Å². The van der Waals surface area contributed by atoms with E-state index in [1.165, 1.54) is 12.1 Å². The summed E-state index contributed by atoms with van der Waals surface area (Å²) in [4.78, 5) is 39.7. The first kappa shape index (κ1) is 19.7. The highest BCUT2D eigenvalue weighted by Crippen LogP contribution is 2.45. The van der Waals surface area contributed by atoms with Crippen molar-refractivity contribution in [3.63, 3.8) is 0 Å². The molecule has 2 saturated heterocycles. The van der Waals surface area contributed by atoms with Crippen LogP contribution in [0.2, 0.25) is 0 Å². The highest BCUT2D eigenvalue weighted by Gasteiger charge is 2.51. The Labute approximate surface area is 179 Å². The first-order valence-electron chi connectivity index (χ1n) is 10.7. The summed E-state index contributed by atoms with van der Waals surface area (Å²) in [5.41, 5.74) is 1.52. The smallest absolute Gasteiger partial charge is 0.252 e. The minimum absolute atomic E-state index is 0.0346. The van der Waals surface area contributed by atoms with Crippen molar-refractivity contribution in [2.45, 2.75) is 49.7 Å². The maximum Gasteiger partial charge on any atom is 0.252 e. The van der Waals surface area contributed by atoms with Crippen LogP contribution in [0.5, 0.6) is 0 Å². The molecule has 2 N–H and O–H groups in total. The number of piperidine rings is 1. The fourth-order valence-corrected chi connectivity index (χ4v) is 5.48. The predicted molar refractivity (Wildman–Crippen MR) is 111 cm³/mol. The van der Waals surface area contributed by atoms with Crippen molar-refractivity contribution in [2.24, 2.45) is 0 Å². The number of benzene rings is 2. The van der Waals surface area contributed by atoms with E-state index in [-0.39, 0.29) is 36.0 Å². The van der Waals surface area contributed by atoms with Gasteiger partial charge in [0.1, 0.15) is 5.82 Å². The van der Waals surface area contributed by atoms with Crippen molar-refractivity contribution in [2.75, 3.05) is 6.54 Å². The van der Waals surface area contributed by atoms with Crippen LogP contribution < -0.4 is 10.6 Å². The molecule has 3 aliphatic heterocycles. The lowest BCUT2D eigenvalue weighted by atomic mass is 9.76. The van der Waals surface area contributed by atoms with Crippen molar-refractivity contribution in [3.05, 3.63) is 71.0 Å². The number of fused-ring (bicyclic) bond motifs is 1. The second-order valence-electron chi connectivity index (χ2n) is 8.67. The Balaban J connectivity index is 1.47. The number of nitrogens with zero attached hydrogens (tertiary/aromatic N) is 1. The lowest BCUT2D eigenvalue weighted by Crippen LogP contribution is -2.58. The van der Waals surface area contributed by atoms with Crippen LogP contribution in [0, 0.1) is 5.82 Å². The van der Waals surface area contributed by atoms with Gasteiger partial charge >= 0.3 is 0 Å². The largest absolute Gasteiger partial charge is 0.348 e. The molecule has 0 unspecified atom stereocenters. The van der Waals surface area contributed by atoms with Gasteiger partial charge in [0.25, 0.3) is 5.91 Å². The van der Waals surface area contributed by atoms with Gasteiger partial charge in [0.2, 0.25) is 11.8 Å². The Kier molecular flexibility index (Phi) is 4.76. The van der Waals surface area contributed by atoms with E-state index in [0.29, 0.717) is 30.5 Å². The number of carbonyl (C=O) groups is 3. The maximum absolute atomic E-state index is 14.1. The first-order valence-corrected chi connectivity index (χ1v) is 10.7. The molecule has 2 aromatic rings. The molecule has 5 rings (SSSR count). The Bertz CT molecular complexity index is 1070. The van der Waals surface area contributed by atoms with E-state index >= 15 is 0 Å². The Morgan fingerprint density at radius 2 is 1.97 bits per heavy atom. The molecular weight excluding hydrogens is 397 g/mol. The number of hydrogen-bond acceptors (Lipinski definition) is 3. The molecular formula is C24H24FN3O3. The Hall–Kier alpha value is -3.22. The number of rotatable bonds is 3. The summed E-state index contributed by atoms with van der Waals surface area (Å²) in [5.74, 6) is -0.690. The van der Waals surface area contributed by atoms with E-state index in [4.69, 9.17) is 0 Å². The molecule has 1 spiro atoms. The van der Waals surface area contributed by atoms with Gasteiger partial charge in [0.05, 0.1) is 24.0 Å². The maximum atomic E-state index is 14.1. The highest BCUT2D eigenvalue weighted by molar-refractivity contribution is 5.99. The zero-order valence-corrected chi connectivity index (χ0v) is 17.1. The summed E-state index contributed by atoms with van der Waals surface area (Å²) >= 11 is 0. The van der Waals surface area contributed by atoms with Crippen LogP contribution in [0.3, 0.4) is 0 Å². The van der Waals surface area contributed by atoms with E-state index < -0.39 is 11.6 Å². The summed E-state index contributed by atoms with van der Waals surface area (Å²) in [6, 6.07) is 12.7. The third kappa shape index (κ3) is 3.38. The molecule has 0 aliphatic carbocycles. The number of likely N-dealkylation sites (tertiary alicyclic amines) is 1. The Morgan fingerprint density at radius 3 is 2.74 bits per heavy atom. The van der Waals surface area contributed by atoms with Crippen molar-refractivity contribution < 1.29 is 18.8 Å². The van der Waals surface area contributed by atoms with Gasteiger partial charge in [0, 0.05) is 18.5 Å². The van der Waals surface area contributed by atoms with Crippen LogP contribution >= 0.6 is 0 Å². The summed E-state index contributed by atoms with van der Waals surface area (Å²) < 4.78 is 14.1. The van der Waals surface area contributed by atoms with Gasteiger partial charge < -0.3 is 15.5 Å². The standard InChI is InChI=1S/C24H24FN3O3/c25-16-6-3-5-15(13-16)22-24(11-9-20(29)27-24)10-4-12-28(22)21(30)14-19-17-7-1-2-8-18(17)23(31)26-19/h1-3,5-8,13,19,22H,4,9-12,14H2,(H,26,31)(H,27,29)/t19-,22-,24+/m1/s1. The fourth-order valence-electron chi connectivity index (χ4n) is 5.48. The van der Waals surface area contributed by atoms with Gasteiger partial charge in [-0.25, -0.2) is 4.39 Å². The average Bonchev–Trinajstić information content (AvgIpc) is 3.28. The molecule has 3 aliphatic rings. The quantitative estimate of drug-likeness (QED) is 0.800. The summed E-state index contributed by atoms with van der Waals surface area (Å²) in [7, 11) is 0. The molecule has 0 aromatic heterocycles. The molecule has 7 heteroatoms. The second-order valence-corrected chi connectivity index (χ2v) is 8.67. The minimum Gasteiger partial charge on any atom is -0.348 e. The third-order valence-electron chi connectivity index (χ3n) is 6.79. The summed E-state index contributed by atoms with van der Waals surface area (Å²) in [6.45, 7) is 0.528. The summed E-state index contributed by atoms with van der Waals surface area (Å²) in [6.07, 6.45) is 2.64. The molecule has 3 amide bonds. The average molecular weight is 421 g/mol. The van der Waals surface area contributed by atoms with E-state index in [0.717, 1.165) is 18.4 Å². The fraction of sp³-hybridized carbons (Fsp3) is 0.375. The molecule has 0 bridgehead atoms. The number of halogens is 1. The number of nitrogens with one attached hydrogen (secondary N) is 2. The number of carbonyl (C=O) groups excluding carboxylic acids is 3. The van der Waals surface area contributed by atoms with Crippen molar-refractivity contribution >= 4 is 17.7 Å². The van der Waals surface area contributed by atoms with Crippen LogP contribution in [0.15, 0.2) is 48.5 Å². The zero-order chi connectivity index (χ0) is 21.6. The van der Waals surface area contributed by atoms with Crippen LogP contribution in [-0.4, -0.2) is 34.7 Å². The van der Waals surface area contributed by atoms with Crippen LogP contribution in [0.25, 0.3) is 0 Å². The van der Waals surface area contributed by atoms with Gasteiger partial charge in [0.15, 0.2) is 0 Å². The van der Waals surface area contributed by atoms with Crippen molar-refractivity contribution in [3.8, 4) is 0 Å². The Morgan fingerprint density at radius 1 is 1.13 bits per heavy atom. The molecule has 3 atom stereocenters. The summed E-state index contributed by atoms with van der Waals surface area (Å²) in [5, 5.41) is 6.02. The van der Waals surface area contributed by atoms with Gasteiger partial charge in [-0.2, -0.15) is 0 Å². The molecule has 2 fully saturated rings. The van der Waals surface area contributed by atoms with Gasteiger partial charge in [-0.15, -0.1) is 0 Å². The minimum atomic E-state index is -0.588. The molecule has 160 valence electrons. The first-order chi connectivity index (χ1) is 15.0. The monoisotopic (exact) mass is 421 g/mol. The van der Waals surface area contributed by atoms with E-state index in [2.05, 4.69) is 10.6 Å². The molecule has 3 heterocycles. The van der Waals surface area contributed by atoms with Gasteiger partial charge in [-0.1, -0.05) is 30.3 Å². The molecule has 0 saturated carbocycles. The van der Waals surface area contributed by atoms with Crippen LogP contribution in [-0.2, 0) is 9.59 Å². The molecule has 0 radical (unpaired) electrons. The molecule has 6 nitrogen and oxygen atoms in total. The topological polar surface area (TPSA) is 78.5 Å². The van der Waals surface area contributed by atoms with E-state index in [9.17, 15) is 18.8 Å². The molecule has 2 aromatic carbocycles.